The summed E-state index contributed by atoms with van der Waals surface area (Å²) < 4.78 is 17.8. The predicted octanol–water partition coefficient (Wildman–Crippen LogP) is 1.45. The minimum Gasteiger partial charge on any atom is -0.468 e. The molecular formula is C15H23FN2O2. The first-order valence-electron chi connectivity index (χ1n) is 6.60. The molecule has 0 aromatic heterocycles. The van der Waals surface area contributed by atoms with Crippen LogP contribution < -0.4 is 5.32 Å². The number of ether oxygens (including phenoxy) is 1. The number of methoxy groups -OCH3 is 1. The van der Waals surface area contributed by atoms with Gasteiger partial charge in [0.15, 0.2) is 0 Å². The van der Waals surface area contributed by atoms with E-state index in [1.54, 1.807) is 19.1 Å². The van der Waals surface area contributed by atoms with Gasteiger partial charge in [-0.3, -0.25) is 4.79 Å². The van der Waals surface area contributed by atoms with Gasteiger partial charge in [-0.05, 0) is 38.7 Å². The molecule has 1 rings (SSSR count). The number of carbonyl (C=O) groups excluding carboxylic acids is 1. The lowest BCUT2D eigenvalue weighted by Gasteiger charge is -2.29. The Labute approximate surface area is 119 Å². The molecule has 0 aliphatic rings. The van der Waals surface area contributed by atoms with Gasteiger partial charge in [-0.15, -0.1) is 0 Å². The number of esters is 1. The fourth-order valence-electron chi connectivity index (χ4n) is 2.00. The number of rotatable bonds is 7. The van der Waals surface area contributed by atoms with E-state index in [2.05, 4.69) is 5.32 Å². The van der Waals surface area contributed by atoms with Gasteiger partial charge >= 0.3 is 5.97 Å². The molecule has 1 unspecified atom stereocenters. The van der Waals surface area contributed by atoms with Crippen molar-refractivity contribution < 1.29 is 13.9 Å². The standard InChI is InChI=1S/C15H23FN2O2/c1-15(14(19)20-4,17-9-10-18(2)3)11-12-5-7-13(16)8-6-12/h5-8,17H,9-11H2,1-4H3. The molecule has 0 aliphatic heterocycles. The van der Waals surface area contributed by atoms with Crippen LogP contribution in [-0.2, 0) is 16.0 Å². The normalized spacial score (nSPS) is 14.1. The van der Waals surface area contributed by atoms with Gasteiger partial charge in [-0.25, -0.2) is 4.39 Å². The van der Waals surface area contributed by atoms with E-state index in [0.29, 0.717) is 13.0 Å². The topological polar surface area (TPSA) is 41.6 Å². The Hall–Kier alpha value is -1.46. The average Bonchev–Trinajstić information content (AvgIpc) is 2.40. The van der Waals surface area contributed by atoms with E-state index in [1.165, 1.54) is 19.2 Å². The Morgan fingerprint density at radius 1 is 1.35 bits per heavy atom. The van der Waals surface area contributed by atoms with Gasteiger partial charge in [0, 0.05) is 19.5 Å². The van der Waals surface area contributed by atoms with Gasteiger partial charge in [0.1, 0.15) is 11.4 Å². The number of benzene rings is 1. The highest BCUT2D eigenvalue weighted by atomic mass is 19.1. The Kier molecular flexibility index (Phi) is 6.10. The van der Waals surface area contributed by atoms with E-state index >= 15 is 0 Å². The van der Waals surface area contributed by atoms with Crippen LogP contribution in [0.3, 0.4) is 0 Å². The van der Waals surface area contributed by atoms with Crippen molar-refractivity contribution in [3.05, 3.63) is 35.6 Å². The molecule has 0 radical (unpaired) electrons. The molecule has 1 N–H and O–H groups in total. The maximum atomic E-state index is 12.9. The molecule has 0 fully saturated rings. The Morgan fingerprint density at radius 2 is 1.95 bits per heavy atom. The minimum absolute atomic E-state index is 0.283. The third kappa shape index (κ3) is 4.90. The van der Waals surface area contributed by atoms with E-state index in [9.17, 15) is 9.18 Å². The monoisotopic (exact) mass is 282 g/mol. The summed E-state index contributed by atoms with van der Waals surface area (Å²) in [4.78, 5) is 14.0. The van der Waals surface area contributed by atoms with Crippen LogP contribution in [0.4, 0.5) is 4.39 Å². The predicted molar refractivity (Wildman–Crippen MR) is 77.1 cm³/mol. The summed E-state index contributed by atoms with van der Waals surface area (Å²) in [7, 11) is 5.31. The number of nitrogens with one attached hydrogen (secondary N) is 1. The smallest absolute Gasteiger partial charge is 0.326 e. The van der Waals surface area contributed by atoms with Crippen LogP contribution in [0.25, 0.3) is 0 Å². The van der Waals surface area contributed by atoms with E-state index in [4.69, 9.17) is 4.74 Å². The third-order valence-corrected chi connectivity index (χ3v) is 3.18. The van der Waals surface area contributed by atoms with Crippen LogP contribution in [-0.4, -0.2) is 50.7 Å². The molecule has 0 spiro atoms. The van der Waals surface area contributed by atoms with Crippen molar-refractivity contribution in [1.82, 2.24) is 10.2 Å². The Bertz CT molecular complexity index is 434. The number of hydrogen-bond acceptors (Lipinski definition) is 4. The zero-order valence-electron chi connectivity index (χ0n) is 12.6. The molecule has 0 saturated carbocycles. The fourth-order valence-corrected chi connectivity index (χ4v) is 2.00. The summed E-state index contributed by atoms with van der Waals surface area (Å²) in [6.45, 7) is 3.29. The highest BCUT2D eigenvalue weighted by Gasteiger charge is 2.33. The number of halogens is 1. The van der Waals surface area contributed by atoms with Gasteiger partial charge in [0.2, 0.25) is 0 Å². The molecule has 20 heavy (non-hydrogen) atoms. The molecule has 4 nitrogen and oxygen atoms in total. The molecule has 0 saturated heterocycles. The first-order chi connectivity index (χ1) is 9.37. The lowest BCUT2D eigenvalue weighted by atomic mass is 9.92. The Morgan fingerprint density at radius 3 is 2.45 bits per heavy atom. The van der Waals surface area contributed by atoms with Crippen molar-refractivity contribution in [2.24, 2.45) is 0 Å². The molecule has 1 aromatic carbocycles. The molecule has 112 valence electrons. The van der Waals surface area contributed by atoms with E-state index in [1.807, 2.05) is 19.0 Å². The number of likely N-dealkylation sites (N-methyl/N-ethyl adjacent to an activating group) is 1. The highest BCUT2D eigenvalue weighted by Crippen LogP contribution is 2.15. The number of carbonyl (C=O) groups is 1. The van der Waals surface area contributed by atoms with Crippen molar-refractivity contribution in [1.29, 1.82) is 0 Å². The molecule has 0 heterocycles. The summed E-state index contributed by atoms with van der Waals surface area (Å²) in [5.41, 5.74) is 0.0689. The summed E-state index contributed by atoms with van der Waals surface area (Å²) in [6, 6.07) is 6.16. The van der Waals surface area contributed by atoms with Crippen molar-refractivity contribution in [3.8, 4) is 0 Å². The summed E-state index contributed by atoms with van der Waals surface area (Å²) in [6.07, 6.45) is 0.452. The number of hydrogen-bond donors (Lipinski definition) is 1. The van der Waals surface area contributed by atoms with Crippen LogP contribution in [0, 0.1) is 5.82 Å². The van der Waals surface area contributed by atoms with Gasteiger partial charge < -0.3 is 15.0 Å². The third-order valence-electron chi connectivity index (χ3n) is 3.18. The average molecular weight is 282 g/mol. The lowest BCUT2D eigenvalue weighted by Crippen LogP contribution is -2.53. The van der Waals surface area contributed by atoms with Gasteiger partial charge in [0.05, 0.1) is 7.11 Å². The van der Waals surface area contributed by atoms with Crippen LogP contribution in [0.2, 0.25) is 0 Å². The highest BCUT2D eigenvalue weighted by molar-refractivity contribution is 5.80. The van der Waals surface area contributed by atoms with Crippen LogP contribution in [0.1, 0.15) is 12.5 Å². The van der Waals surface area contributed by atoms with E-state index < -0.39 is 5.54 Å². The first-order valence-corrected chi connectivity index (χ1v) is 6.60. The molecule has 0 amide bonds. The molecule has 1 aromatic rings. The van der Waals surface area contributed by atoms with Crippen molar-refractivity contribution in [3.63, 3.8) is 0 Å². The zero-order chi connectivity index (χ0) is 15.2. The van der Waals surface area contributed by atoms with E-state index in [0.717, 1.165) is 12.1 Å². The first kappa shape index (κ1) is 16.6. The SMILES string of the molecule is COC(=O)C(C)(Cc1ccc(F)cc1)NCCN(C)C. The molecule has 0 bridgehead atoms. The van der Waals surface area contributed by atoms with Crippen LogP contribution in [0.5, 0.6) is 0 Å². The molecule has 5 heteroatoms. The summed E-state index contributed by atoms with van der Waals surface area (Å²) >= 11 is 0. The summed E-state index contributed by atoms with van der Waals surface area (Å²) in [5.74, 6) is -0.602. The second-order valence-corrected chi connectivity index (χ2v) is 5.36. The minimum atomic E-state index is -0.817. The zero-order valence-corrected chi connectivity index (χ0v) is 12.6. The quantitative estimate of drug-likeness (QED) is 0.769. The van der Waals surface area contributed by atoms with Crippen molar-refractivity contribution in [2.45, 2.75) is 18.9 Å². The maximum absolute atomic E-state index is 12.9. The molecule has 1 atom stereocenters. The summed E-state index contributed by atoms with van der Waals surface area (Å²) in [5, 5.41) is 3.23. The largest absolute Gasteiger partial charge is 0.468 e. The van der Waals surface area contributed by atoms with Gasteiger partial charge in [-0.1, -0.05) is 12.1 Å². The maximum Gasteiger partial charge on any atom is 0.326 e. The Balaban J connectivity index is 2.77. The van der Waals surface area contributed by atoms with Crippen molar-refractivity contribution in [2.75, 3.05) is 34.3 Å². The van der Waals surface area contributed by atoms with Gasteiger partial charge in [-0.2, -0.15) is 0 Å². The van der Waals surface area contributed by atoms with Crippen LogP contribution >= 0.6 is 0 Å². The molecule has 0 aliphatic carbocycles. The number of nitrogens with zero attached hydrogens (tertiary/aromatic N) is 1. The van der Waals surface area contributed by atoms with Gasteiger partial charge in [0.25, 0.3) is 0 Å². The van der Waals surface area contributed by atoms with E-state index in [-0.39, 0.29) is 11.8 Å². The molecular weight excluding hydrogens is 259 g/mol. The van der Waals surface area contributed by atoms with Crippen molar-refractivity contribution >= 4 is 5.97 Å². The second-order valence-electron chi connectivity index (χ2n) is 5.36. The second kappa shape index (κ2) is 7.36. The lowest BCUT2D eigenvalue weighted by molar-refractivity contribution is -0.147. The fraction of sp³-hybridized carbons (Fsp3) is 0.533. The van der Waals surface area contributed by atoms with Crippen LogP contribution in [0.15, 0.2) is 24.3 Å².